The highest BCUT2D eigenvalue weighted by atomic mass is 32.2. The zero-order valence-electron chi connectivity index (χ0n) is 11.9. The van der Waals surface area contributed by atoms with Crippen LogP contribution in [0.3, 0.4) is 0 Å². The lowest BCUT2D eigenvalue weighted by Crippen LogP contribution is -2.35. The summed E-state index contributed by atoms with van der Waals surface area (Å²) in [6.07, 6.45) is 0. The van der Waals surface area contributed by atoms with Crippen LogP contribution in [-0.4, -0.2) is 55.7 Å². The number of aliphatic imine (C=N–C) groups is 1. The molecule has 0 aromatic heterocycles. The van der Waals surface area contributed by atoms with E-state index in [9.17, 15) is 0 Å². The molecule has 1 unspecified atom stereocenters. The molecule has 0 fully saturated rings. The lowest BCUT2D eigenvalue weighted by Gasteiger charge is -2.23. The molecule has 0 saturated heterocycles. The maximum Gasteiger partial charge on any atom is 0.195 e. The van der Waals surface area contributed by atoms with E-state index in [1.807, 2.05) is 55.8 Å². The molecule has 0 saturated carbocycles. The zero-order valence-corrected chi connectivity index (χ0v) is 12.7. The van der Waals surface area contributed by atoms with Gasteiger partial charge in [0.15, 0.2) is 5.96 Å². The number of benzene rings is 1. The zero-order chi connectivity index (χ0) is 13.5. The van der Waals surface area contributed by atoms with Crippen molar-refractivity contribution in [1.82, 2.24) is 9.80 Å². The molecule has 0 spiro atoms. The Bertz CT molecular complexity index is 364. The van der Waals surface area contributed by atoms with Gasteiger partial charge in [-0.3, -0.25) is 4.99 Å². The van der Waals surface area contributed by atoms with Crippen LogP contribution in [0.2, 0.25) is 0 Å². The van der Waals surface area contributed by atoms with Gasteiger partial charge >= 0.3 is 0 Å². The summed E-state index contributed by atoms with van der Waals surface area (Å²) in [4.78, 5) is 10.1. The quantitative estimate of drug-likeness (QED) is 0.474. The summed E-state index contributed by atoms with van der Waals surface area (Å²) in [7, 11) is 8.09. The summed E-state index contributed by atoms with van der Waals surface area (Å²) < 4.78 is 0. The molecule has 0 radical (unpaired) electrons. The van der Waals surface area contributed by atoms with Crippen molar-refractivity contribution in [1.29, 1.82) is 0 Å². The number of hydrogen-bond donors (Lipinski definition) is 0. The number of guanidine groups is 1. The largest absolute Gasteiger partial charge is 0.349 e. The van der Waals surface area contributed by atoms with Crippen molar-refractivity contribution in [2.45, 2.75) is 17.1 Å². The number of hydrogen-bond acceptors (Lipinski definition) is 2. The highest BCUT2D eigenvalue weighted by Gasteiger charge is 2.07. The highest BCUT2D eigenvalue weighted by Crippen LogP contribution is 2.22. The van der Waals surface area contributed by atoms with Gasteiger partial charge in [-0.25, -0.2) is 0 Å². The summed E-state index contributed by atoms with van der Waals surface area (Å²) >= 11 is 1.86. The van der Waals surface area contributed by atoms with E-state index in [0.717, 1.165) is 12.5 Å². The lowest BCUT2D eigenvalue weighted by atomic mass is 10.4. The molecule has 4 heteroatoms. The van der Waals surface area contributed by atoms with E-state index in [1.54, 1.807) is 0 Å². The van der Waals surface area contributed by atoms with Crippen molar-refractivity contribution >= 4 is 17.7 Å². The molecule has 0 aliphatic rings. The Morgan fingerprint density at radius 1 is 1.11 bits per heavy atom. The maximum atomic E-state index is 4.67. The molecule has 1 aromatic rings. The number of rotatable bonds is 4. The van der Waals surface area contributed by atoms with Crippen LogP contribution >= 0.6 is 11.8 Å². The van der Waals surface area contributed by atoms with Crippen LogP contribution < -0.4 is 0 Å². The second-order valence-electron chi connectivity index (χ2n) is 4.67. The van der Waals surface area contributed by atoms with Crippen molar-refractivity contribution in [2.24, 2.45) is 4.99 Å². The molecule has 0 heterocycles. The van der Waals surface area contributed by atoms with Crippen molar-refractivity contribution in [3.05, 3.63) is 30.3 Å². The first kappa shape index (κ1) is 14.9. The molecule has 100 valence electrons. The Kier molecular flexibility index (Phi) is 6.05. The van der Waals surface area contributed by atoms with E-state index in [2.05, 4.69) is 36.2 Å². The standard InChI is InChI=1S/C14H23N3S/c1-12(18-13-9-7-6-8-10-13)11-15-14(16(2)3)17(4)5/h6-10,12H,11H2,1-5H3. The fourth-order valence-electron chi connectivity index (χ4n) is 1.66. The van der Waals surface area contributed by atoms with E-state index in [-0.39, 0.29) is 0 Å². The molecule has 0 aliphatic carbocycles. The maximum absolute atomic E-state index is 4.67. The smallest absolute Gasteiger partial charge is 0.195 e. The Morgan fingerprint density at radius 3 is 2.17 bits per heavy atom. The minimum absolute atomic E-state index is 0.474. The summed E-state index contributed by atoms with van der Waals surface area (Å²) in [6, 6.07) is 10.5. The van der Waals surface area contributed by atoms with Gasteiger partial charge in [-0.05, 0) is 12.1 Å². The van der Waals surface area contributed by atoms with Crippen LogP contribution in [0.15, 0.2) is 40.2 Å². The molecule has 0 bridgehead atoms. The van der Waals surface area contributed by atoms with Crippen molar-refractivity contribution in [3.8, 4) is 0 Å². The van der Waals surface area contributed by atoms with Crippen molar-refractivity contribution < 1.29 is 0 Å². The van der Waals surface area contributed by atoms with Crippen molar-refractivity contribution in [2.75, 3.05) is 34.7 Å². The molecular weight excluding hydrogens is 242 g/mol. The minimum atomic E-state index is 0.474. The molecule has 0 N–H and O–H groups in total. The van der Waals surface area contributed by atoms with Gasteiger partial charge in [-0.15, -0.1) is 11.8 Å². The second-order valence-corrected chi connectivity index (χ2v) is 6.18. The summed E-state index contributed by atoms with van der Waals surface area (Å²) in [5.74, 6) is 1.01. The molecule has 1 rings (SSSR count). The Balaban J connectivity index is 2.54. The molecule has 0 amide bonds. The molecule has 3 nitrogen and oxygen atoms in total. The summed E-state index contributed by atoms with van der Waals surface area (Å²) in [6.45, 7) is 3.04. The van der Waals surface area contributed by atoms with Gasteiger partial charge in [0.2, 0.25) is 0 Å². The molecular formula is C14H23N3S. The summed E-state index contributed by atoms with van der Waals surface area (Å²) in [5, 5.41) is 0.474. The van der Waals surface area contributed by atoms with Gasteiger partial charge in [-0.1, -0.05) is 25.1 Å². The molecule has 1 aromatic carbocycles. The third-order valence-corrected chi connectivity index (χ3v) is 3.47. The lowest BCUT2D eigenvalue weighted by molar-refractivity contribution is 0.479. The van der Waals surface area contributed by atoms with E-state index in [0.29, 0.717) is 5.25 Å². The van der Waals surface area contributed by atoms with Gasteiger partial charge in [0.25, 0.3) is 0 Å². The highest BCUT2D eigenvalue weighted by molar-refractivity contribution is 8.00. The summed E-state index contributed by atoms with van der Waals surface area (Å²) in [5.41, 5.74) is 0. The van der Waals surface area contributed by atoms with E-state index >= 15 is 0 Å². The minimum Gasteiger partial charge on any atom is -0.349 e. The normalized spacial score (nSPS) is 11.8. The predicted molar refractivity (Wildman–Crippen MR) is 81.4 cm³/mol. The number of thioether (sulfide) groups is 1. The van der Waals surface area contributed by atoms with Gasteiger partial charge in [0, 0.05) is 38.3 Å². The van der Waals surface area contributed by atoms with Crippen LogP contribution in [0.5, 0.6) is 0 Å². The van der Waals surface area contributed by atoms with Crippen LogP contribution in [-0.2, 0) is 0 Å². The number of nitrogens with zero attached hydrogens (tertiary/aromatic N) is 3. The average molecular weight is 265 g/mol. The third-order valence-electron chi connectivity index (χ3n) is 2.37. The van der Waals surface area contributed by atoms with Crippen LogP contribution in [0.4, 0.5) is 0 Å². The Morgan fingerprint density at radius 2 is 1.67 bits per heavy atom. The van der Waals surface area contributed by atoms with Crippen LogP contribution in [0, 0.1) is 0 Å². The van der Waals surface area contributed by atoms with E-state index in [1.165, 1.54) is 4.90 Å². The Hall–Kier alpha value is -1.16. The van der Waals surface area contributed by atoms with Gasteiger partial charge in [-0.2, -0.15) is 0 Å². The molecule has 0 aliphatic heterocycles. The monoisotopic (exact) mass is 265 g/mol. The average Bonchev–Trinajstić information content (AvgIpc) is 2.29. The third kappa shape index (κ3) is 5.00. The first-order chi connectivity index (χ1) is 8.50. The second kappa shape index (κ2) is 7.31. The first-order valence-corrected chi connectivity index (χ1v) is 6.99. The van der Waals surface area contributed by atoms with Gasteiger partial charge in [0.1, 0.15) is 0 Å². The van der Waals surface area contributed by atoms with Gasteiger partial charge in [0.05, 0.1) is 6.54 Å². The first-order valence-electron chi connectivity index (χ1n) is 6.11. The SMILES string of the molecule is CC(CN=C(N(C)C)N(C)C)Sc1ccccc1. The topological polar surface area (TPSA) is 18.8 Å². The van der Waals surface area contributed by atoms with E-state index < -0.39 is 0 Å². The molecule has 18 heavy (non-hydrogen) atoms. The van der Waals surface area contributed by atoms with Crippen LogP contribution in [0.1, 0.15) is 6.92 Å². The van der Waals surface area contributed by atoms with E-state index in [4.69, 9.17) is 0 Å². The fourth-order valence-corrected chi connectivity index (χ4v) is 2.59. The predicted octanol–water partition coefficient (Wildman–Crippen LogP) is 2.65. The van der Waals surface area contributed by atoms with Crippen LogP contribution in [0.25, 0.3) is 0 Å². The molecule has 1 atom stereocenters. The van der Waals surface area contributed by atoms with Gasteiger partial charge < -0.3 is 9.80 Å². The Labute approximate surface area is 115 Å². The van der Waals surface area contributed by atoms with Crippen molar-refractivity contribution in [3.63, 3.8) is 0 Å². The fraction of sp³-hybridized carbons (Fsp3) is 0.500.